The molecule has 0 amide bonds. The average Bonchev–Trinajstić information content (AvgIpc) is 2.40. The van der Waals surface area contributed by atoms with Crippen molar-refractivity contribution in [1.29, 1.82) is 0 Å². The molecule has 21 heavy (non-hydrogen) atoms. The highest BCUT2D eigenvalue weighted by atomic mass is 35.5. The zero-order valence-corrected chi connectivity index (χ0v) is 12.1. The van der Waals surface area contributed by atoms with Gasteiger partial charge < -0.3 is 10.1 Å². The summed E-state index contributed by atoms with van der Waals surface area (Å²) in [6.07, 6.45) is 0. The molecule has 0 aliphatic carbocycles. The van der Waals surface area contributed by atoms with Gasteiger partial charge >= 0.3 is 6.61 Å². The molecule has 2 rings (SSSR count). The monoisotopic (exact) mass is 335 g/mol. The van der Waals surface area contributed by atoms with Gasteiger partial charge in [-0.2, -0.15) is 8.78 Å². The molecular weight excluding hydrogens is 326 g/mol. The Morgan fingerprint density at radius 1 is 1.10 bits per heavy atom. The predicted molar refractivity (Wildman–Crippen MR) is 76.8 cm³/mol. The largest absolute Gasteiger partial charge is 0.432 e. The number of rotatable bonds is 5. The van der Waals surface area contributed by atoms with E-state index < -0.39 is 6.61 Å². The molecule has 0 aliphatic rings. The molecule has 0 saturated heterocycles. The standard InChI is InChI=1S/C14H10Cl2F3NO/c15-11-5-10(6-12(16)13(11)21-14(18)19)20-7-8-2-1-3-9(17)4-8/h1-6,14,20H,7H2. The number of benzene rings is 2. The van der Waals surface area contributed by atoms with E-state index in [4.69, 9.17) is 23.2 Å². The first-order chi connectivity index (χ1) is 9.95. The Balaban J connectivity index is 2.11. The van der Waals surface area contributed by atoms with Crippen LogP contribution in [-0.2, 0) is 6.54 Å². The lowest BCUT2D eigenvalue weighted by Crippen LogP contribution is -2.04. The molecular formula is C14H10Cl2F3NO. The number of halogens is 5. The predicted octanol–water partition coefficient (Wildman–Crippen LogP) is 5.35. The Bertz CT molecular complexity index is 614. The van der Waals surface area contributed by atoms with Gasteiger partial charge in [0.25, 0.3) is 0 Å². The molecule has 0 bridgehead atoms. The lowest BCUT2D eigenvalue weighted by molar-refractivity contribution is -0.0497. The van der Waals surface area contributed by atoms with E-state index in [9.17, 15) is 13.2 Å². The lowest BCUT2D eigenvalue weighted by atomic mass is 10.2. The summed E-state index contributed by atoms with van der Waals surface area (Å²) >= 11 is 11.7. The minimum atomic E-state index is -3.01. The van der Waals surface area contributed by atoms with Gasteiger partial charge in [0, 0.05) is 12.2 Å². The highest BCUT2D eigenvalue weighted by Gasteiger charge is 2.14. The second-order valence-electron chi connectivity index (χ2n) is 4.13. The van der Waals surface area contributed by atoms with Crippen molar-refractivity contribution in [3.05, 3.63) is 57.8 Å². The van der Waals surface area contributed by atoms with Gasteiger partial charge in [-0.05, 0) is 29.8 Å². The number of anilines is 1. The molecule has 0 saturated carbocycles. The van der Waals surface area contributed by atoms with Crippen molar-refractivity contribution >= 4 is 28.9 Å². The number of ether oxygens (including phenoxy) is 1. The summed E-state index contributed by atoms with van der Waals surface area (Å²) in [5, 5.41) is 2.90. The summed E-state index contributed by atoms with van der Waals surface area (Å²) < 4.78 is 41.7. The van der Waals surface area contributed by atoms with E-state index in [0.29, 0.717) is 12.2 Å². The summed E-state index contributed by atoms with van der Waals surface area (Å²) in [5.74, 6) is -0.615. The van der Waals surface area contributed by atoms with Crippen LogP contribution in [0.25, 0.3) is 0 Å². The van der Waals surface area contributed by atoms with E-state index in [1.54, 1.807) is 12.1 Å². The second-order valence-corrected chi connectivity index (χ2v) is 4.95. The maximum Gasteiger partial charge on any atom is 0.387 e. The molecule has 0 radical (unpaired) electrons. The summed E-state index contributed by atoms with van der Waals surface area (Å²) in [5.41, 5.74) is 1.23. The first-order valence-corrected chi connectivity index (χ1v) is 6.63. The first-order valence-electron chi connectivity index (χ1n) is 5.88. The van der Waals surface area contributed by atoms with Crippen molar-refractivity contribution in [2.75, 3.05) is 5.32 Å². The lowest BCUT2D eigenvalue weighted by Gasteiger charge is -2.12. The van der Waals surface area contributed by atoms with Gasteiger partial charge in [-0.25, -0.2) is 4.39 Å². The Morgan fingerprint density at radius 3 is 2.33 bits per heavy atom. The van der Waals surface area contributed by atoms with Crippen molar-refractivity contribution in [1.82, 2.24) is 0 Å². The van der Waals surface area contributed by atoms with E-state index in [2.05, 4.69) is 10.1 Å². The van der Waals surface area contributed by atoms with Crippen molar-refractivity contribution in [2.24, 2.45) is 0 Å². The molecule has 0 unspecified atom stereocenters. The summed E-state index contributed by atoms with van der Waals surface area (Å²) in [7, 11) is 0. The van der Waals surface area contributed by atoms with Crippen LogP contribution in [0.5, 0.6) is 5.75 Å². The van der Waals surface area contributed by atoms with Crippen LogP contribution in [0.3, 0.4) is 0 Å². The molecule has 2 aromatic rings. The highest BCUT2D eigenvalue weighted by Crippen LogP contribution is 2.37. The summed E-state index contributed by atoms with van der Waals surface area (Å²) in [4.78, 5) is 0. The average molecular weight is 336 g/mol. The van der Waals surface area contributed by atoms with E-state index >= 15 is 0 Å². The number of alkyl halides is 2. The normalized spacial score (nSPS) is 10.8. The molecule has 0 atom stereocenters. The van der Waals surface area contributed by atoms with Crippen LogP contribution >= 0.6 is 23.2 Å². The van der Waals surface area contributed by atoms with Crippen LogP contribution in [0.2, 0.25) is 10.0 Å². The van der Waals surface area contributed by atoms with Crippen LogP contribution in [-0.4, -0.2) is 6.61 Å². The highest BCUT2D eigenvalue weighted by molar-refractivity contribution is 6.37. The van der Waals surface area contributed by atoms with Gasteiger partial charge in [-0.3, -0.25) is 0 Å². The Hall–Kier alpha value is -1.59. The third kappa shape index (κ3) is 4.44. The van der Waals surface area contributed by atoms with Crippen molar-refractivity contribution < 1.29 is 17.9 Å². The zero-order valence-electron chi connectivity index (χ0n) is 10.5. The van der Waals surface area contributed by atoms with Crippen LogP contribution in [0, 0.1) is 5.82 Å². The zero-order chi connectivity index (χ0) is 15.4. The molecule has 7 heteroatoms. The topological polar surface area (TPSA) is 21.3 Å². The fourth-order valence-electron chi connectivity index (χ4n) is 1.71. The van der Waals surface area contributed by atoms with Crippen LogP contribution in [0.4, 0.5) is 18.9 Å². The smallest absolute Gasteiger partial charge is 0.387 e. The second kappa shape index (κ2) is 6.91. The van der Waals surface area contributed by atoms with Gasteiger partial charge in [0.15, 0.2) is 5.75 Å². The third-order valence-electron chi connectivity index (χ3n) is 2.59. The summed E-state index contributed by atoms with van der Waals surface area (Å²) in [6, 6.07) is 8.87. The fourth-order valence-corrected chi connectivity index (χ4v) is 2.29. The molecule has 1 N–H and O–H groups in total. The minimum Gasteiger partial charge on any atom is -0.432 e. The molecule has 0 fully saturated rings. The van der Waals surface area contributed by atoms with Gasteiger partial charge in [-0.15, -0.1) is 0 Å². The summed E-state index contributed by atoms with van der Waals surface area (Å²) in [6.45, 7) is -2.68. The molecule has 0 aliphatic heterocycles. The van der Waals surface area contributed by atoms with Crippen molar-refractivity contribution in [2.45, 2.75) is 13.2 Å². The van der Waals surface area contributed by atoms with E-state index in [-0.39, 0.29) is 21.6 Å². The number of hydrogen-bond donors (Lipinski definition) is 1. The molecule has 112 valence electrons. The van der Waals surface area contributed by atoms with E-state index in [1.807, 2.05) is 0 Å². The van der Waals surface area contributed by atoms with Gasteiger partial charge in [0.2, 0.25) is 0 Å². The molecule has 0 aromatic heterocycles. The third-order valence-corrected chi connectivity index (χ3v) is 3.15. The molecule has 0 spiro atoms. The van der Waals surface area contributed by atoms with Gasteiger partial charge in [0.1, 0.15) is 5.82 Å². The Kier molecular flexibility index (Phi) is 5.20. The Labute approximate surface area is 129 Å². The van der Waals surface area contributed by atoms with Crippen LogP contribution in [0.15, 0.2) is 36.4 Å². The van der Waals surface area contributed by atoms with E-state index in [1.165, 1.54) is 24.3 Å². The quantitative estimate of drug-likeness (QED) is 0.795. The number of hydrogen-bond acceptors (Lipinski definition) is 2. The van der Waals surface area contributed by atoms with Gasteiger partial charge in [0.05, 0.1) is 10.0 Å². The van der Waals surface area contributed by atoms with Gasteiger partial charge in [-0.1, -0.05) is 35.3 Å². The van der Waals surface area contributed by atoms with Crippen molar-refractivity contribution in [3.8, 4) is 5.75 Å². The molecule has 2 aromatic carbocycles. The Morgan fingerprint density at radius 2 is 1.76 bits per heavy atom. The van der Waals surface area contributed by atoms with Crippen molar-refractivity contribution in [3.63, 3.8) is 0 Å². The minimum absolute atomic E-state index is 0.0375. The maximum atomic E-state index is 13.0. The SMILES string of the molecule is Fc1cccc(CNc2cc(Cl)c(OC(F)F)c(Cl)c2)c1. The first kappa shape index (κ1) is 15.8. The van der Waals surface area contributed by atoms with E-state index in [0.717, 1.165) is 5.56 Å². The number of nitrogens with one attached hydrogen (secondary N) is 1. The van der Waals surface area contributed by atoms with Crippen LogP contribution < -0.4 is 10.1 Å². The van der Waals surface area contributed by atoms with Crippen LogP contribution in [0.1, 0.15) is 5.56 Å². The maximum absolute atomic E-state index is 13.0. The molecule has 2 nitrogen and oxygen atoms in total. The molecule has 0 heterocycles. The fraction of sp³-hybridized carbons (Fsp3) is 0.143.